The lowest BCUT2D eigenvalue weighted by Gasteiger charge is -2.26. The molecule has 1 aliphatic heterocycles. The van der Waals surface area contributed by atoms with Gasteiger partial charge in [-0.3, -0.25) is 9.48 Å². The van der Waals surface area contributed by atoms with E-state index in [0.29, 0.717) is 13.0 Å². The normalized spacial score (nSPS) is 14.8. The predicted octanol–water partition coefficient (Wildman–Crippen LogP) is 3.16. The molecule has 30 heavy (non-hydrogen) atoms. The van der Waals surface area contributed by atoms with Gasteiger partial charge in [0.15, 0.2) is 5.96 Å². The van der Waals surface area contributed by atoms with Gasteiger partial charge in [-0.2, -0.15) is 5.10 Å². The van der Waals surface area contributed by atoms with Gasteiger partial charge in [0.25, 0.3) is 0 Å². The number of anilines is 1. The number of nitrogens with one attached hydrogen (secondary N) is 2. The van der Waals surface area contributed by atoms with Crippen LogP contribution in [0.5, 0.6) is 0 Å². The van der Waals surface area contributed by atoms with Crippen molar-refractivity contribution in [2.45, 2.75) is 59.5 Å². The Balaban J connectivity index is 1.49. The molecule has 7 nitrogen and oxygen atoms in total. The first kappa shape index (κ1) is 21.9. The molecule has 7 heteroatoms. The van der Waals surface area contributed by atoms with E-state index in [1.807, 2.05) is 24.0 Å². The molecule has 1 aliphatic rings. The van der Waals surface area contributed by atoms with Crippen LogP contribution in [0.3, 0.4) is 0 Å². The molecule has 3 rings (SSSR count). The highest BCUT2D eigenvalue weighted by Gasteiger charge is 2.19. The summed E-state index contributed by atoms with van der Waals surface area (Å²) in [5.41, 5.74) is 4.37. The number of benzene rings is 1. The summed E-state index contributed by atoms with van der Waals surface area (Å²) in [6.45, 7) is 10.1. The molecule has 0 bridgehead atoms. The maximum Gasteiger partial charge on any atom is 0.226 e. The number of nitrogens with zero attached hydrogens (tertiary/aromatic N) is 4. The first-order valence-electron chi connectivity index (χ1n) is 11.0. The second-order valence-electron chi connectivity index (χ2n) is 7.79. The van der Waals surface area contributed by atoms with E-state index >= 15 is 0 Å². The van der Waals surface area contributed by atoms with E-state index in [2.05, 4.69) is 52.5 Å². The Morgan fingerprint density at radius 3 is 2.63 bits per heavy atom. The van der Waals surface area contributed by atoms with Crippen molar-refractivity contribution < 1.29 is 4.79 Å². The van der Waals surface area contributed by atoms with E-state index in [1.54, 1.807) is 0 Å². The van der Waals surface area contributed by atoms with Crippen molar-refractivity contribution in [3.05, 3.63) is 47.3 Å². The largest absolute Gasteiger partial charge is 0.357 e. The predicted molar refractivity (Wildman–Crippen MR) is 122 cm³/mol. The molecule has 2 N–H and O–H groups in total. The number of piperidine rings is 1. The number of amides is 1. The fourth-order valence-corrected chi connectivity index (χ4v) is 3.71. The van der Waals surface area contributed by atoms with Crippen LogP contribution in [0.4, 0.5) is 5.69 Å². The van der Waals surface area contributed by atoms with Crippen LogP contribution in [-0.2, 0) is 17.9 Å². The molecule has 1 saturated heterocycles. The molecule has 0 saturated carbocycles. The second kappa shape index (κ2) is 10.8. The molecule has 0 spiro atoms. The van der Waals surface area contributed by atoms with Crippen LogP contribution in [0, 0.1) is 13.8 Å². The minimum Gasteiger partial charge on any atom is -0.357 e. The molecule has 2 heterocycles. The first-order valence-corrected chi connectivity index (χ1v) is 11.0. The number of aliphatic imine (C=N–C) groups is 1. The zero-order valence-electron chi connectivity index (χ0n) is 18.4. The lowest BCUT2D eigenvalue weighted by Crippen LogP contribution is -2.38. The number of aromatic nitrogens is 2. The van der Waals surface area contributed by atoms with Crippen LogP contribution in [0.25, 0.3) is 0 Å². The summed E-state index contributed by atoms with van der Waals surface area (Å²) in [5, 5.41) is 11.2. The molecule has 0 radical (unpaired) electrons. The van der Waals surface area contributed by atoms with Crippen molar-refractivity contribution in [3.8, 4) is 0 Å². The number of carbonyl (C=O) groups excluding carboxylic acids is 1. The Morgan fingerprint density at radius 2 is 1.97 bits per heavy atom. The van der Waals surface area contributed by atoms with E-state index in [0.717, 1.165) is 68.3 Å². The van der Waals surface area contributed by atoms with E-state index in [1.165, 1.54) is 5.69 Å². The number of carbonyl (C=O) groups is 1. The lowest BCUT2D eigenvalue weighted by atomic mass is 10.1. The van der Waals surface area contributed by atoms with Crippen molar-refractivity contribution in [1.82, 2.24) is 20.4 Å². The van der Waals surface area contributed by atoms with Gasteiger partial charge in [-0.05, 0) is 63.8 Å². The van der Waals surface area contributed by atoms with E-state index in [4.69, 9.17) is 4.99 Å². The lowest BCUT2D eigenvalue weighted by molar-refractivity contribution is -0.119. The van der Waals surface area contributed by atoms with Gasteiger partial charge in [-0.1, -0.05) is 12.1 Å². The van der Waals surface area contributed by atoms with Crippen molar-refractivity contribution in [1.29, 1.82) is 0 Å². The van der Waals surface area contributed by atoms with Crippen molar-refractivity contribution >= 4 is 17.6 Å². The molecule has 162 valence electrons. The quantitative estimate of drug-likeness (QED) is 0.398. The van der Waals surface area contributed by atoms with Crippen molar-refractivity contribution in [2.75, 3.05) is 24.5 Å². The number of hydrogen-bond donors (Lipinski definition) is 2. The van der Waals surface area contributed by atoms with Gasteiger partial charge >= 0.3 is 0 Å². The molecule has 1 amide bonds. The maximum atomic E-state index is 12.1. The van der Waals surface area contributed by atoms with Crippen LogP contribution in [-0.4, -0.2) is 41.3 Å². The van der Waals surface area contributed by atoms with E-state index in [-0.39, 0.29) is 5.91 Å². The Kier molecular flexibility index (Phi) is 7.88. The number of aryl methyl sites for hydroxylation is 3. The van der Waals surface area contributed by atoms with Gasteiger partial charge in [-0.25, -0.2) is 4.99 Å². The molecule has 0 aliphatic carbocycles. The Labute approximate surface area is 179 Å². The molecular weight excluding hydrogens is 376 g/mol. The average Bonchev–Trinajstić information content (AvgIpc) is 3.07. The molecular formula is C23H34N6O. The highest BCUT2D eigenvalue weighted by Crippen LogP contribution is 2.21. The van der Waals surface area contributed by atoms with Crippen LogP contribution < -0.4 is 15.5 Å². The minimum atomic E-state index is 0.228. The molecule has 0 atom stereocenters. The summed E-state index contributed by atoms with van der Waals surface area (Å²) in [6, 6.07) is 10.3. The van der Waals surface area contributed by atoms with E-state index < -0.39 is 0 Å². The van der Waals surface area contributed by atoms with Crippen molar-refractivity contribution in [3.63, 3.8) is 0 Å². The topological polar surface area (TPSA) is 74.6 Å². The fourth-order valence-electron chi connectivity index (χ4n) is 3.71. The second-order valence-corrected chi connectivity index (χ2v) is 7.79. The Morgan fingerprint density at radius 1 is 1.17 bits per heavy atom. The van der Waals surface area contributed by atoms with Crippen LogP contribution in [0.1, 0.15) is 49.6 Å². The Hall–Kier alpha value is -2.83. The van der Waals surface area contributed by atoms with Crippen molar-refractivity contribution in [2.24, 2.45) is 4.99 Å². The number of guanidine groups is 1. The smallest absolute Gasteiger partial charge is 0.226 e. The van der Waals surface area contributed by atoms with Crippen LogP contribution >= 0.6 is 0 Å². The molecule has 2 aromatic rings. The highest BCUT2D eigenvalue weighted by molar-refractivity contribution is 5.93. The minimum absolute atomic E-state index is 0.228. The summed E-state index contributed by atoms with van der Waals surface area (Å²) < 4.78 is 2.05. The third kappa shape index (κ3) is 6.08. The van der Waals surface area contributed by atoms with Gasteiger partial charge in [0.05, 0.1) is 12.2 Å². The molecule has 1 aromatic carbocycles. The SMILES string of the molecule is CCNC(=NCc1ccc(N2CCCCC2=O)cc1)NCCCn1nc(C)cc1C. The fraction of sp³-hybridized carbons (Fsp3) is 0.522. The summed E-state index contributed by atoms with van der Waals surface area (Å²) in [6.07, 6.45) is 3.72. The van der Waals surface area contributed by atoms with Crippen LogP contribution in [0.2, 0.25) is 0 Å². The monoisotopic (exact) mass is 410 g/mol. The first-order chi connectivity index (χ1) is 14.6. The van der Waals surface area contributed by atoms with Gasteiger partial charge in [0.2, 0.25) is 5.91 Å². The van der Waals surface area contributed by atoms with Gasteiger partial charge in [0.1, 0.15) is 0 Å². The highest BCUT2D eigenvalue weighted by atomic mass is 16.2. The van der Waals surface area contributed by atoms with Crippen LogP contribution in [0.15, 0.2) is 35.3 Å². The summed E-state index contributed by atoms with van der Waals surface area (Å²) in [4.78, 5) is 18.7. The third-order valence-electron chi connectivity index (χ3n) is 5.28. The maximum absolute atomic E-state index is 12.1. The zero-order chi connectivity index (χ0) is 21.3. The zero-order valence-corrected chi connectivity index (χ0v) is 18.4. The standard InChI is InChI=1S/C23H34N6O/c1-4-24-23(25-13-7-15-29-19(3)16-18(2)27-29)26-17-20-9-11-21(12-10-20)28-14-6-5-8-22(28)30/h9-12,16H,4-8,13-15,17H2,1-3H3,(H2,24,25,26). The van der Waals surface area contributed by atoms with E-state index in [9.17, 15) is 4.79 Å². The summed E-state index contributed by atoms with van der Waals surface area (Å²) in [5.74, 6) is 1.05. The average molecular weight is 411 g/mol. The van der Waals surface area contributed by atoms with Gasteiger partial charge in [-0.15, -0.1) is 0 Å². The van der Waals surface area contributed by atoms with Gasteiger partial charge < -0.3 is 15.5 Å². The van der Waals surface area contributed by atoms with Gasteiger partial charge in [0, 0.05) is 44.0 Å². The summed E-state index contributed by atoms with van der Waals surface area (Å²) in [7, 11) is 0. The number of rotatable bonds is 8. The molecule has 1 aromatic heterocycles. The number of hydrogen-bond acceptors (Lipinski definition) is 3. The Bertz CT molecular complexity index is 855. The third-order valence-corrected chi connectivity index (χ3v) is 5.28. The molecule has 0 unspecified atom stereocenters. The molecule has 1 fully saturated rings. The summed E-state index contributed by atoms with van der Waals surface area (Å²) >= 11 is 0.